The summed E-state index contributed by atoms with van der Waals surface area (Å²) in [6.45, 7) is 4.77. The van der Waals surface area contributed by atoms with E-state index in [-0.39, 0.29) is 20.4 Å². The average molecular weight is 393 g/mol. The van der Waals surface area contributed by atoms with Gasteiger partial charge in [0.15, 0.2) is 0 Å². The number of carbonyl (C=O) groups excluding carboxylic acids is 1. The Balaban J connectivity index is 1.60. The van der Waals surface area contributed by atoms with Gasteiger partial charge in [-0.3, -0.25) is 0 Å². The van der Waals surface area contributed by atoms with E-state index in [0.29, 0.717) is 26.7 Å². The first-order chi connectivity index (χ1) is 11.3. The van der Waals surface area contributed by atoms with Crippen molar-refractivity contribution in [2.24, 2.45) is 34.3 Å². The van der Waals surface area contributed by atoms with Gasteiger partial charge in [0.1, 0.15) is 0 Å². The van der Waals surface area contributed by atoms with Gasteiger partial charge in [-0.05, 0) is 0 Å². The second kappa shape index (κ2) is 5.71. The third-order valence-electron chi connectivity index (χ3n) is 8.06. The summed E-state index contributed by atoms with van der Waals surface area (Å²) in [7, 11) is 0. The average Bonchev–Trinajstić information content (AvgIpc) is 2.83. The molecule has 4 aliphatic rings. The molecule has 4 rings (SSSR count). The van der Waals surface area contributed by atoms with Crippen LogP contribution in [-0.4, -0.2) is 25.5 Å². The Kier molecular flexibility index (Phi) is 4.01. The van der Waals surface area contributed by atoms with Crippen LogP contribution in [0, 0.1) is 34.0 Å². The van der Waals surface area contributed by atoms with Gasteiger partial charge in [-0.15, -0.1) is 0 Å². The van der Waals surface area contributed by atoms with E-state index < -0.39 is 0 Å². The molecule has 4 aliphatic carbocycles. The van der Waals surface area contributed by atoms with E-state index >= 15 is 0 Å². The fourth-order valence-electron chi connectivity index (χ4n) is 6.68. The monoisotopic (exact) mass is 394 g/mol. The van der Waals surface area contributed by atoms with Crippen LogP contribution < -0.4 is 5.73 Å². The number of rotatable bonds is 2. The van der Waals surface area contributed by atoms with Crippen LogP contribution in [0.1, 0.15) is 65.2 Å². The second-order valence-electron chi connectivity index (χ2n) is 9.02. The van der Waals surface area contributed by atoms with Gasteiger partial charge in [-0.25, -0.2) is 0 Å². The zero-order chi connectivity index (χ0) is 17.1. The summed E-state index contributed by atoms with van der Waals surface area (Å²) in [6.07, 6.45) is 11.7. The van der Waals surface area contributed by atoms with Crippen LogP contribution in [0.15, 0.2) is 11.6 Å². The summed E-state index contributed by atoms with van der Waals surface area (Å²) in [5.74, 6) is 2.65. The van der Waals surface area contributed by atoms with Gasteiger partial charge in [0.25, 0.3) is 0 Å². The Labute approximate surface area is 151 Å². The zero-order valence-corrected chi connectivity index (χ0v) is 16.7. The first-order valence-corrected chi connectivity index (χ1v) is 11.4. The number of nitrogens with two attached hydrogens (primary N) is 1. The van der Waals surface area contributed by atoms with Crippen molar-refractivity contribution in [3.05, 3.63) is 11.6 Å². The van der Waals surface area contributed by atoms with E-state index in [1.54, 1.807) is 5.57 Å². The SMILES string of the molecule is C[C@]12CCC([Se]C(=N)N)CC1=CC[C@@H]1[C@@H]2CC[C@]2(C)C(=O)CC[C@@H]12. The summed E-state index contributed by atoms with van der Waals surface area (Å²) in [6, 6.07) is 0. The molecule has 3 N–H and O–H groups in total. The normalized spacial score (nSPS) is 47.4. The molecule has 1 unspecified atom stereocenters. The molecule has 0 aromatic rings. The van der Waals surface area contributed by atoms with E-state index in [1.807, 2.05) is 0 Å². The zero-order valence-electron chi connectivity index (χ0n) is 14.9. The molecule has 3 saturated carbocycles. The standard InChI is InChI=1S/C20H30N2OSe/c1-19-9-7-13(24-18(21)22)11-12(19)3-4-14-15-5-6-17(23)20(15,2)10-8-16(14)19/h3,13-16H,4-11H2,1-2H3,(H3,21,22)/t13?,14-,15-,16-,19-,20-/m0/s1. The molecule has 24 heavy (non-hydrogen) atoms. The molecule has 0 spiro atoms. The number of allylic oxidation sites excluding steroid dienone is 2. The molecule has 3 nitrogen and oxygen atoms in total. The predicted molar refractivity (Wildman–Crippen MR) is 98.1 cm³/mol. The van der Waals surface area contributed by atoms with Crippen LogP contribution in [0.4, 0.5) is 0 Å². The van der Waals surface area contributed by atoms with Crippen LogP contribution in [-0.2, 0) is 4.79 Å². The number of carbonyl (C=O) groups is 1. The molecule has 3 fully saturated rings. The molecule has 0 aromatic heterocycles. The van der Waals surface area contributed by atoms with Crippen molar-refractivity contribution in [2.45, 2.75) is 70.0 Å². The Morgan fingerprint density at radius 1 is 1.21 bits per heavy atom. The van der Waals surface area contributed by atoms with Crippen molar-refractivity contribution in [1.29, 1.82) is 5.41 Å². The number of hydrogen-bond acceptors (Lipinski definition) is 2. The van der Waals surface area contributed by atoms with Gasteiger partial charge in [0.2, 0.25) is 0 Å². The third kappa shape index (κ3) is 2.36. The van der Waals surface area contributed by atoms with E-state index in [0.717, 1.165) is 31.1 Å². The number of ketones is 1. The minimum atomic E-state index is -0.0161. The fraction of sp³-hybridized carbons (Fsp3) is 0.800. The Morgan fingerprint density at radius 2 is 1.92 bits per heavy atom. The van der Waals surface area contributed by atoms with Crippen LogP contribution in [0.5, 0.6) is 0 Å². The van der Waals surface area contributed by atoms with E-state index in [4.69, 9.17) is 11.1 Å². The second-order valence-corrected chi connectivity index (χ2v) is 11.8. The van der Waals surface area contributed by atoms with Gasteiger partial charge in [0.05, 0.1) is 0 Å². The van der Waals surface area contributed by atoms with Crippen molar-refractivity contribution in [1.82, 2.24) is 0 Å². The molecular formula is C20H30N2OSe. The maximum atomic E-state index is 12.5. The molecule has 0 amide bonds. The molecule has 0 saturated heterocycles. The first-order valence-electron chi connectivity index (χ1n) is 9.58. The van der Waals surface area contributed by atoms with Crippen molar-refractivity contribution in [3.8, 4) is 0 Å². The Bertz CT molecular complexity index is 615. The molecule has 4 heteroatoms. The molecule has 0 bridgehead atoms. The van der Waals surface area contributed by atoms with E-state index in [1.165, 1.54) is 32.1 Å². The van der Waals surface area contributed by atoms with E-state index in [2.05, 4.69) is 19.9 Å². The summed E-state index contributed by atoms with van der Waals surface area (Å²) >= 11 is 0.169. The van der Waals surface area contributed by atoms with Crippen LogP contribution in [0.25, 0.3) is 0 Å². The molecule has 6 atom stereocenters. The number of hydrogen-bond donors (Lipinski definition) is 2. The van der Waals surface area contributed by atoms with Crippen molar-refractivity contribution in [2.75, 3.05) is 0 Å². The number of fused-ring (bicyclic) bond motifs is 5. The Morgan fingerprint density at radius 3 is 2.67 bits per heavy atom. The first kappa shape index (κ1) is 16.8. The van der Waals surface area contributed by atoms with E-state index in [9.17, 15) is 4.79 Å². The van der Waals surface area contributed by atoms with Crippen molar-refractivity contribution >= 4 is 25.5 Å². The molecule has 0 aliphatic heterocycles. The minimum absolute atomic E-state index is 0.0161. The van der Waals surface area contributed by atoms with Crippen molar-refractivity contribution < 1.29 is 4.79 Å². The van der Waals surface area contributed by atoms with Gasteiger partial charge in [0, 0.05) is 0 Å². The third-order valence-corrected chi connectivity index (χ3v) is 10.1. The molecule has 0 heterocycles. The Hall–Kier alpha value is -0.601. The molecule has 132 valence electrons. The molecule has 0 aromatic carbocycles. The molecular weight excluding hydrogens is 363 g/mol. The summed E-state index contributed by atoms with van der Waals surface area (Å²) in [5.41, 5.74) is 7.67. The quantitative estimate of drug-likeness (QED) is 0.323. The van der Waals surface area contributed by atoms with Gasteiger partial charge >= 0.3 is 152 Å². The van der Waals surface area contributed by atoms with Gasteiger partial charge in [-0.2, -0.15) is 0 Å². The van der Waals surface area contributed by atoms with Gasteiger partial charge < -0.3 is 0 Å². The predicted octanol–water partition coefficient (Wildman–Crippen LogP) is 3.90. The number of nitrogens with one attached hydrogen (secondary N) is 1. The van der Waals surface area contributed by atoms with Crippen molar-refractivity contribution in [3.63, 3.8) is 0 Å². The summed E-state index contributed by atoms with van der Waals surface area (Å²) < 4.78 is 0.406. The van der Waals surface area contributed by atoms with Crippen LogP contribution in [0.2, 0.25) is 4.82 Å². The number of amidine groups is 1. The van der Waals surface area contributed by atoms with Gasteiger partial charge in [-0.1, -0.05) is 0 Å². The maximum absolute atomic E-state index is 12.5. The molecule has 0 radical (unpaired) electrons. The summed E-state index contributed by atoms with van der Waals surface area (Å²) in [5, 5.41) is 7.63. The van der Waals surface area contributed by atoms with Crippen LogP contribution in [0.3, 0.4) is 0 Å². The topological polar surface area (TPSA) is 66.9 Å². The number of Topliss-reactive ketones (excluding diaryl/α,β-unsaturated/α-hetero) is 1. The summed E-state index contributed by atoms with van der Waals surface area (Å²) in [4.78, 5) is 13.1. The fourth-order valence-corrected chi connectivity index (χ4v) is 8.48. The van der Waals surface area contributed by atoms with Crippen LogP contribution >= 0.6 is 0 Å².